The lowest BCUT2D eigenvalue weighted by atomic mass is 9.82. The van der Waals surface area contributed by atoms with Gasteiger partial charge < -0.3 is 5.73 Å². The molecule has 0 rings (SSSR count). The van der Waals surface area contributed by atoms with E-state index in [1.165, 1.54) is 327 Å². The Morgan fingerprint density at radius 3 is 0.421 bits per heavy atom. The van der Waals surface area contributed by atoms with Crippen molar-refractivity contribution in [1.29, 1.82) is 0 Å². The molecule has 0 radical (unpaired) electrons. The van der Waals surface area contributed by atoms with Gasteiger partial charge in [-0.2, -0.15) is 0 Å². The van der Waals surface area contributed by atoms with Crippen LogP contribution in [0.15, 0.2) is 0 Å². The SMILES string of the molecule is Br.CCCCCCCCCCCCCCCCCCC(N)(CCCCCCCCCCCCCCCCCC)CCCCCCCCCCCCCCCCCC. The zero-order valence-electron chi connectivity index (χ0n) is 40.5. The van der Waals surface area contributed by atoms with Gasteiger partial charge in [0, 0.05) is 5.54 Å². The summed E-state index contributed by atoms with van der Waals surface area (Å²) in [4.78, 5) is 0. The smallest absolute Gasteiger partial charge is 0.0154 e. The van der Waals surface area contributed by atoms with Crippen LogP contribution in [0.25, 0.3) is 0 Å². The Balaban J connectivity index is 0. The van der Waals surface area contributed by atoms with Gasteiger partial charge in [-0.05, 0) is 19.3 Å². The van der Waals surface area contributed by atoms with Crippen molar-refractivity contribution < 1.29 is 0 Å². The Labute approximate surface area is 374 Å². The van der Waals surface area contributed by atoms with Gasteiger partial charge in [0.1, 0.15) is 0 Å². The first-order valence-corrected chi connectivity index (χ1v) is 27.5. The van der Waals surface area contributed by atoms with Gasteiger partial charge >= 0.3 is 0 Å². The predicted molar refractivity (Wildman–Crippen MR) is 270 cm³/mol. The van der Waals surface area contributed by atoms with Gasteiger partial charge in [-0.3, -0.25) is 0 Å². The van der Waals surface area contributed by atoms with E-state index in [9.17, 15) is 0 Å². The molecule has 0 saturated carbocycles. The Morgan fingerprint density at radius 2 is 0.298 bits per heavy atom. The summed E-state index contributed by atoms with van der Waals surface area (Å²) in [5, 5.41) is 0. The minimum absolute atomic E-state index is 0. The van der Waals surface area contributed by atoms with E-state index >= 15 is 0 Å². The third-order valence-corrected chi connectivity index (χ3v) is 13.6. The van der Waals surface area contributed by atoms with Crippen LogP contribution >= 0.6 is 17.0 Å². The molecule has 0 bridgehead atoms. The molecule has 0 heterocycles. The highest BCUT2D eigenvalue weighted by Crippen LogP contribution is 2.27. The summed E-state index contributed by atoms with van der Waals surface area (Å²) in [6.07, 6.45) is 73.4. The maximum Gasteiger partial charge on any atom is 0.0154 e. The van der Waals surface area contributed by atoms with E-state index in [4.69, 9.17) is 5.73 Å². The lowest BCUT2D eigenvalue weighted by molar-refractivity contribution is 0.302. The van der Waals surface area contributed by atoms with E-state index in [1.54, 1.807) is 0 Å². The number of nitrogens with two attached hydrogens (primary N) is 1. The maximum atomic E-state index is 7.28. The van der Waals surface area contributed by atoms with Crippen molar-refractivity contribution in [2.45, 2.75) is 354 Å². The van der Waals surface area contributed by atoms with Crippen LogP contribution in [-0.2, 0) is 0 Å². The molecular weight excluding hydrogens is 755 g/mol. The standard InChI is InChI=1S/C55H113N.BrH/c1-4-7-10-13-16-19-22-25-28-31-34-37-40-43-46-49-52-55(56,53-50-47-44-41-38-35-32-29-26-23-20-17-14-11-8-5-2)54-51-48-45-42-39-36-33-30-27-24-21-18-15-12-9-6-3;/h4-54,56H2,1-3H3;1H. The van der Waals surface area contributed by atoms with E-state index in [0.29, 0.717) is 0 Å². The minimum atomic E-state index is 0. The Morgan fingerprint density at radius 1 is 0.193 bits per heavy atom. The van der Waals surface area contributed by atoms with Crippen LogP contribution < -0.4 is 5.73 Å². The Hall–Kier alpha value is 0.440. The second-order valence-electron chi connectivity index (χ2n) is 19.5. The molecule has 0 aliphatic carbocycles. The first kappa shape index (κ1) is 59.5. The average molecular weight is 869 g/mol. The van der Waals surface area contributed by atoms with E-state index in [1.807, 2.05) is 0 Å². The zero-order chi connectivity index (χ0) is 40.6. The number of rotatable bonds is 51. The monoisotopic (exact) mass is 868 g/mol. The number of hydrogen-bond acceptors (Lipinski definition) is 1. The lowest BCUT2D eigenvalue weighted by Crippen LogP contribution is -2.39. The molecule has 57 heavy (non-hydrogen) atoms. The number of unbranched alkanes of at least 4 members (excludes halogenated alkanes) is 45. The van der Waals surface area contributed by atoms with Crippen molar-refractivity contribution in [3.05, 3.63) is 0 Å². The first-order chi connectivity index (χ1) is 27.7. The van der Waals surface area contributed by atoms with Gasteiger partial charge in [-0.1, -0.05) is 329 Å². The summed E-state index contributed by atoms with van der Waals surface area (Å²) >= 11 is 0. The van der Waals surface area contributed by atoms with Crippen LogP contribution in [0.4, 0.5) is 0 Å². The molecule has 0 aliphatic rings. The average Bonchev–Trinajstić information content (AvgIpc) is 3.20. The fraction of sp³-hybridized carbons (Fsp3) is 1.00. The van der Waals surface area contributed by atoms with Crippen molar-refractivity contribution in [2.75, 3.05) is 0 Å². The Kier molecular flexibility index (Phi) is 54.9. The molecule has 0 unspecified atom stereocenters. The second kappa shape index (κ2) is 52.6. The van der Waals surface area contributed by atoms with Crippen LogP contribution in [0.2, 0.25) is 0 Å². The third kappa shape index (κ3) is 50.7. The molecule has 0 aliphatic heterocycles. The summed E-state index contributed by atoms with van der Waals surface area (Å²) in [7, 11) is 0. The molecule has 1 nitrogen and oxygen atoms in total. The molecule has 0 atom stereocenters. The van der Waals surface area contributed by atoms with Crippen molar-refractivity contribution in [2.24, 2.45) is 5.73 Å². The number of hydrogen-bond donors (Lipinski definition) is 1. The van der Waals surface area contributed by atoms with Gasteiger partial charge in [0.05, 0.1) is 0 Å². The molecule has 0 aromatic rings. The van der Waals surface area contributed by atoms with Crippen molar-refractivity contribution in [1.82, 2.24) is 0 Å². The molecule has 2 heteroatoms. The molecule has 0 spiro atoms. The summed E-state index contributed by atoms with van der Waals surface area (Å²) < 4.78 is 0. The van der Waals surface area contributed by atoms with Gasteiger partial charge in [0.25, 0.3) is 0 Å². The van der Waals surface area contributed by atoms with Crippen LogP contribution in [0.3, 0.4) is 0 Å². The fourth-order valence-electron chi connectivity index (χ4n) is 9.45. The number of halogens is 1. The van der Waals surface area contributed by atoms with Gasteiger partial charge in [-0.25, -0.2) is 0 Å². The molecule has 0 saturated heterocycles. The van der Waals surface area contributed by atoms with Crippen molar-refractivity contribution >= 4 is 17.0 Å². The quantitative estimate of drug-likeness (QED) is 0.0606. The molecule has 0 amide bonds. The largest absolute Gasteiger partial charge is 0.325 e. The van der Waals surface area contributed by atoms with Gasteiger partial charge in [-0.15, -0.1) is 17.0 Å². The summed E-state index contributed by atoms with van der Waals surface area (Å²) in [5.74, 6) is 0. The van der Waals surface area contributed by atoms with E-state index in [2.05, 4.69) is 20.8 Å². The zero-order valence-corrected chi connectivity index (χ0v) is 42.3. The van der Waals surface area contributed by atoms with Crippen LogP contribution in [0.1, 0.15) is 348 Å². The van der Waals surface area contributed by atoms with E-state index in [0.717, 1.165) is 0 Å². The topological polar surface area (TPSA) is 26.0 Å². The normalized spacial score (nSPS) is 11.8. The van der Waals surface area contributed by atoms with Crippen LogP contribution in [0, 0.1) is 0 Å². The van der Waals surface area contributed by atoms with Crippen molar-refractivity contribution in [3.63, 3.8) is 0 Å². The van der Waals surface area contributed by atoms with Crippen molar-refractivity contribution in [3.8, 4) is 0 Å². The summed E-state index contributed by atoms with van der Waals surface area (Å²) in [6, 6.07) is 0. The van der Waals surface area contributed by atoms with E-state index < -0.39 is 0 Å². The van der Waals surface area contributed by atoms with Crippen LogP contribution in [-0.4, -0.2) is 5.54 Å². The Bertz CT molecular complexity index is 589. The van der Waals surface area contributed by atoms with E-state index in [-0.39, 0.29) is 22.5 Å². The molecule has 0 aromatic heterocycles. The highest BCUT2D eigenvalue weighted by molar-refractivity contribution is 8.93. The molecular formula is C55H114BrN. The third-order valence-electron chi connectivity index (χ3n) is 13.6. The molecule has 0 fully saturated rings. The fourth-order valence-corrected chi connectivity index (χ4v) is 9.45. The molecule has 2 N–H and O–H groups in total. The predicted octanol–water partition coefficient (Wildman–Crippen LogP) is 21.2. The summed E-state index contributed by atoms with van der Waals surface area (Å²) in [6.45, 7) is 6.95. The summed E-state index contributed by atoms with van der Waals surface area (Å²) in [5.41, 5.74) is 7.39. The highest BCUT2D eigenvalue weighted by atomic mass is 79.9. The molecule has 346 valence electrons. The second-order valence-corrected chi connectivity index (χ2v) is 19.5. The minimum Gasteiger partial charge on any atom is -0.325 e. The molecule has 0 aromatic carbocycles. The first-order valence-electron chi connectivity index (χ1n) is 27.5. The highest BCUT2D eigenvalue weighted by Gasteiger charge is 2.23. The van der Waals surface area contributed by atoms with Gasteiger partial charge in [0.15, 0.2) is 0 Å². The van der Waals surface area contributed by atoms with Crippen LogP contribution in [0.5, 0.6) is 0 Å². The maximum absolute atomic E-state index is 7.28. The van der Waals surface area contributed by atoms with Gasteiger partial charge in [0.2, 0.25) is 0 Å². The lowest BCUT2D eigenvalue weighted by Gasteiger charge is -2.30.